The molecule has 0 spiro atoms. The summed E-state index contributed by atoms with van der Waals surface area (Å²) >= 11 is 6.67. The van der Waals surface area contributed by atoms with Crippen molar-refractivity contribution in [3.05, 3.63) is 63.0 Å². The van der Waals surface area contributed by atoms with Crippen LogP contribution in [0, 0.1) is 4.77 Å². The molecule has 0 unspecified atom stereocenters. The molecule has 4 rings (SSSR count). The molecule has 0 bridgehead atoms. The van der Waals surface area contributed by atoms with Gasteiger partial charge in [-0.25, -0.2) is 4.98 Å². The molecule has 0 radical (unpaired) electrons. The molecule has 7 heteroatoms. The fourth-order valence-corrected chi connectivity index (χ4v) is 3.64. The van der Waals surface area contributed by atoms with Crippen molar-refractivity contribution >= 4 is 34.6 Å². The van der Waals surface area contributed by atoms with E-state index >= 15 is 0 Å². The predicted octanol–water partition coefficient (Wildman–Crippen LogP) is 4.38. The first kappa shape index (κ1) is 15.7. The molecule has 0 saturated heterocycles. The third kappa shape index (κ3) is 2.88. The number of ether oxygens (including phenoxy) is 1. The first-order chi connectivity index (χ1) is 12.2. The second-order valence-electron chi connectivity index (χ2n) is 5.39. The van der Waals surface area contributed by atoms with E-state index in [0.29, 0.717) is 11.0 Å². The van der Waals surface area contributed by atoms with Crippen LogP contribution in [0.2, 0.25) is 0 Å². The van der Waals surface area contributed by atoms with Crippen LogP contribution in [0.3, 0.4) is 0 Å². The smallest absolute Gasteiger partial charge is 0.261 e. The Bertz CT molecular complexity index is 1160. The number of aromatic amines is 2. The Morgan fingerprint density at radius 1 is 1.16 bits per heavy atom. The third-order valence-corrected chi connectivity index (χ3v) is 4.99. The van der Waals surface area contributed by atoms with Crippen LogP contribution >= 0.6 is 23.6 Å². The minimum absolute atomic E-state index is 0.240. The maximum atomic E-state index is 12.5. The van der Waals surface area contributed by atoms with Crippen molar-refractivity contribution in [3.63, 3.8) is 0 Å². The Morgan fingerprint density at radius 2 is 1.96 bits per heavy atom. The molecule has 0 amide bonds. The lowest BCUT2D eigenvalue weighted by Crippen LogP contribution is -2.10. The average molecular weight is 367 g/mol. The highest BCUT2D eigenvalue weighted by atomic mass is 32.1. The van der Waals surface area contributed by atoms with Gasteiger partial charge in [-0.05, 0) is 54.0 Å². The second kappa shape index (κ2) is 6.27. The molecule has 4 aromatic rings. The maximum absolute atomic E-state index is 12.5. The number of nitrogens with one attached hydrogen (secondary N) is 2. The number of fused-ring (bicyclic) bond motifs is 1. The van der Waals surface area contributed by atoms with Crippen LogP contribution < -0.4 is 10.3 Å². The molecule has 5 nitrogen and oxygen atoms in total. The number of thiophene rings is 1. The van der Waals surface area contributed by atoms with Gasteiger partial charge in [0.1, 0.15) is 11.4 Å². The Kier molecular flexibility index (Phi) is 3.95. The van der Waals surface area contributed by atoms with Crippen LogP contribution in [-0.4, -0.2) is 22.1 Å². The van der Waals surface area contributed by atoms with E-state index in [1.54, 1.807) is 18.4 Å². The van der Waals surface area contributed by atoms with E-state index in [1.807, 2.05) is 47.8 Å². The SMILES string of the molecule is COc1ccc(-c2cc(-c3cccs3)c3c(=O)[nH]c(=S)[nH]c3n2)cc1. The van der Waals surface area contributed by atoms with Crippen LogP contribution in [-0.2, 0) is 0 Å². The first-order valence-electron chi connectivity index (χ1n) is 7.51. The molecule has 0 atom stereocenters. The zero-order valence-corrected chi connectivity index (χ0v) is 14.8. The number of hydrogen-bond acceptors (Lipinski definition) is 5. The molecule has 2 N–H and O–H groups in total. The van der Waals surface area contributed by atoms with Crippen molar-refractivity contribution in [3.8, 4) is 27.4 Å². The fourth-order valence-electron chi connectivity index (χ4n) is 2.71. The molecule has 0 aliphatic rings. The molecule has 1 aromatic carbocycles. The van der Waals surface area contributed by atoms with Crippen LogP contribution in [0.5, 0.6) is 5.75 Å². The summed E-state index contributed by atoms with van der Waals surface area (Å²) in [6.45, 7) is 0. The highest BCUT2D eigenvalue weighted by Crippen LogP contribution is 2.32. The number of pyridine rings is 1. The zero-order valence-electron chi connectivity index (χ0n) is 13.2. The van der Waals surface area contributed by atoms with Gasteiger partial charge < -0.3 is 9.72 Å². The summed E-state index contributed by atoms with van der Waals surface area (Å²) in [5.41, 5.74) is 2.76. The van der Waals surface area contributed by atoms with Crippen molar-refractivity contribution < 1.29 is 4.74 Å². The van der Waals surface area contributed by atoms with Crippen LogP contribution in [0.1, 0.15) is 0 Å². The molecule has 0 fully saturated rings. The van der Waals surface area contributed by atoms with Gasteiger partial charge >= 0.3 is 0 Å². The predicted molar refractivity (Wildman–Crippen MR) is 103 cm³/mol. The summed E-state index contributed by atoms with van der Waals surface area (Å²) in [6, 6.07) is 13.5. The number of methoxy groups -OCH3 is 1. The molecule has 3 heterocycles. The summed E-state index contributed by atoms with van der Waals surface area (Å²) in [5.74, 6) is 0.777. The normalized spacial score (nSPS) is 10.9. The van der Waals surface area contributed by atoms with Gasteiger partial charge in [-0.2, -0.15) is 0 Å². The Balaban J connectivity index is 2.03. The van der Waals surface area contributed by atoms with Gasteiger partial charge in [-0.3, -0.25) is 9.78 Å². The molecule has 0 saturated carbocycles. The topological polar surface area (TPSA) is 70.8 Å². The molecule has 124 valence electrons. The Labute approximate surface area is 152 Å². The van der Waals surface area contributed by atoms with Crippen LogP contribution in [0.15, 0.2) is 52.6 Å². The van der Waals surface area contributed by atoms with Gasteiger partial charge in [0.15, 0.2) is 4.77 Å². The zero-order chi connectivity index (χ0) is 17.4. The molecule has 25 heavy (non-hydrogen) atoms. The summed E-state index contributed by atoms with van der Waals surface area (Å²) in [6.07, 6.45) is 0. The molecule has 0 aliphatic heterocycles. The molecular formula is C18H13N3O2S2. The Hall–Kier alpha value is -2.77. The number of H-pyrrole nitrogens is 2. The summed E-state index contributed by atoms with van der Waals surface area (Å²) in [7, 11) is 1.63. The van der Waals surface area contributed by atoms with Gasteiger partial charge in [0.25, 0.3) is 5.56 Å². The van der Waals surface area contributed by atoms with Gasteiger partial charge in [-0.1, -0.05) is 6.07 Å². The van der Waals surface area contributed by atoms with E-state index in [-0.39, 0.29) is 10.3 Å². The first-order valence-corrected chi connectivity index (χ1v) is 8.80. The minimum Gasteiger partial charge on any atom is -0.497 e. The lowest BCUT2D eigenvalue weighted by molar-refractivity contribution is 0.415. The molecule has 0 aliphatic carbocycles. The summed E-state index contributed by atoms with van der Waals surface area (Å²) in [5, 5.41) is 2.49. The number of rotatable bonds is 3. The lowest BCUT2D eigenvalue weighted by Gasteiger charge is -2.09. The summed E-state index contributed by atoms with van der Waals surface area (Å²) < 4.78 is 5.46. The van der Waals surface area contributed by atoms with Gasteiger partial charge in [0, 0.05) is 16.0 Å². The number of nitrogens with zero attached hydrogens (tertiary/aromatic N) is 1. The van der Waals surface area contributed by atoms with E-state index < -0.39 is 0 Å². The quantitative estimate of drug-likeness (QED) is 0.527. The van der Waals surface area contributed by atoms with Gasteiger partial charge in [-0.15, -0.1) is 11.3 Å². The Morgan fingerprint density at radius 3 is 2.64 bits per heavy atom. The molecule has 3 aromatic heterocycles. The van der Waals surface area contributed by atoms with Crippen molar-refractivity contribution in [1.29, 1.82) is 0 Å². The second-order valence-corrected chi connectivity index (χ2v) is 6.75. The van der Waals surface area contributed by atoms with Gasteiger partial charge in [0.2, 0.25) is 0 Å². The van der Waals surface area contributed by atoms with Crippen molar-refractivity contribution in [2.75, 3.05) is 7.11 Å². The van der Waals surface area contributed by atoms with Crippen molar-refractivity contribution in [1.82, 2.24) is 15.0 Å². The number of aromatic nitrogens is 3. The largest absolute Gasteiger partial charge is 0.497 e. The average Bonchev–Trinajstić information content (AvgIpc) is 3.15. The number of hydrogen-bond donors (Lipinski definition) is 2. The van der Waals surface area contributed by atoms with Gasteiger partial charge in [0.05, 0.1) is 18.2 Å². The van der Waals surface area contributed by atoms with E-state index in [4.69, 9.17) is 17.0 Å². The molecular weight excluding hydrogens is 354 g/mol. The summed E-state index contributed by atoms with van der Waals surface area (Å²) in [4.78, 5) is 23.7. The minimum atomic E-state index is -0.240. The lowest BCUT2D eigenvalue weighted by atomic mass is 10.1. The van der Waals surface area contributed by atoms with E-state index in [1.165, 1.54) is 0 Å². The van der Waals surface area contributed by atoms with Crippen molar-refractivity contribution in [2.45, 2.75) is 0 Å². The standard InChI is InChI=1S/C18H13N3O2S2/c1-23-11-6-4-10(5-7-11)13-9-12(14-3-2-8-25-14)15-16(19-13)20-18(24)21-17(15)22/h2-9H,1H3,(H2,19,20,21,22,24). The number of benzene rings is 1. The fraction of sp³-hybridized carbons (Fsp3) is 0.0556. The highest BCUT2D eigenvalue weighted by Gasteiger charge is 2.14. The van der Waals surface area contributed by atoms with E-state index in [9.17, 15) is 4.79 Å². The van der Waals surface area contributed by atoms with E-state index in [0.717, 1.165) is 27.4 Å². The monoisotopic (exact) mass is 367 g/mol. The van der Waals surface area contributed by atoms with Crippen LogP contribution in [0.25, 0.3) is 32.7 Å². The van der Waals surface area contributed by atoms with Crippen molar-refractivity contribution in [2.24, 2.45) is 0 Å². The maximum Gasteiger partial charge on any atom is 0.261 e. The highest BCUT2D eigenvalue weighted by molar-refractivity contribution is 7.71. The third-order valence-electron chi connectivity index (χ3n) is 3.88. The van der Waals surface area contributed by atoms with E-state index in [2.05, 4.69) is 15.0 Å². The van der Waals surface area contributed by atoms with Crippen LogP contribution in [0.4, 0.5) is 0 Å².